The van der Waals surface area contributed by atoms with E-state index in [1.54, 1.807) is 11.0 Å². The molecule has 1 saturated heterocycles. The molecule has 2 heterocycles. The van der Waals surface area contributed by atoms with Gasteiger partial charge in [0.05, 0.1) is 6.54 Å². The number of aromatic carboxylic acids is 1. The van der Waals surface area contributed by atoms with Crippen molar-refractivity contribution in [1.29, 1.82) is 0 Å². The molecule has 18 heavy (non-hydrogen) atoms. The standard InChI is InChI=1S/C12H16N2O4/c1-8-4-5-14(7-8)12(17)13-6-9-2-3-10(18-9)11(15)16/h2-3,8H,4-7H2,1H3,(H,13,17)(H,15,16). The largest absolute Gasteiger partial charge is 0.475 e. The maximum atomic E-state index is 11.8. The number of hydrogen-bond donors (Lipinski definition) is 2. The number of nitrogens with zero attached hydrogens (tertiary/aromatic N) is 1. The minimum absolute atomic E-state index is 0.117. The van der Waals surface area contributed by atoms with Crippen LogP contribution in [0.15, 0.2) is 16.5 Å². The molecule has 6 heteroatoms. The molecule has 2 rings (SSSR count). The van der Waals surface area contributed by atoms with E-state index >= 15 is 0 Å². The predicted octanol–water partition coefficient (Wildman–Crippen LogP) is 1.53. The maximum Gasteiger partial charge on any atom is 0.371 e. The van der Waals surface area contributed by atoms with Gasteiger partial charge >= 0.3 is 12.0 Å². The van der Waals surface area contributed by atoms with Crippen molar-refractivity contribution in [2.24, 2.45) is 5.92 Å². The Labute approximate surface area is 105 Å². The summed E-state index contributed by atoms with van der Waals surface area (Å²) in [6.07, 6.45) is 1.03. The number of nitrogens with one attached hydrogen (secondary N) is 1. The van der Waals surface area contributed by atoms with Crippen molar-refractivity contribution in [2.75, 3.05) is 13.1 Å². The van der Waals surface area contributed by atoms with Gasteiger partial charge in [-0.2, -0.15) is 0 Å². The SMILES string of the molecule is CC1CCN(C(=O)NCc2ccc(C(=O)O)o2)C1. The second-order valence-corrected chi connectivity index (χ2v) is 4.57. The topological polar surface area (TPSA) is 82.8 Å². The molecule has 2 N–H and O–H groups in total. The van der Waals surface area contributed by atoms with Crippen molar-refractivity contribution in [1.82, 2.24) is 10.2 Å². The van der Waals surface area contributed by atoms with Gasteiger partial charge in [-0.15, -0.1) is 0 Å². The van der Waals surface area contributed by atoms with Crippen LogP contribution in [0.25, 0.3) is 0 Å². The lowest BCUT2D eigenvalue weighted by Gasteiger charge is -2.16. The molecular weight excluding hydrogens is 236 g/mol. The summed E-state index contributed by atoms with van der Waals surface area (Å²) in [5.41, 5.74) is 0. The molecule has 1 atom stereocenters. The van der Waals surface area contributed by atoms with Crippen molar-refractivity contribution in [3.8, 4) is 0 Å². The highest BCUT2D eigenvalue weighted by Gasteiger charge is 2.23. The first-order chi connectivity index (χ1) is 8.56. The molecule has 1 aromatic heterocycles. The molecule has 1 aliphatic rings. The van der Waals surface area contributed by atoms with Gasteiger partial charge in [-0.25, -0.2) is 9.59 Å². The van der Waals surface area contributed by atoms with E-state index in [4.69, 9.17) is 9.52 Å². The number of furan rings is 1. The van der Waals surface area contributed by atoms with Gasteiger partial charge in [0.2, 0.25) is 5.76 Å². The number of carbonyl (C=O) groups excluding carboxylic acids is 1. The van der Waals surface area contributed by atoms with Gasteiger partial charge in [0.25, 0.3) is 0 Å². The summed E-state index contributed by atoms with van der Waals surface area (Å²) in [7, 11) is 0. The monoisotopic (exact) mass is 252 g/mol. The van der Waals surface area contributed by atoms with Gasteiger partial charge in [0.1, 0.15) is 5.76 Å². The minimum atomic E-state index is -1.11. The number of urea groups is 1. The minimum Gasteiger partial charge on any atom is -0.475 e. The van der Waals surface area contributed by atoms with Gasteiger partial charge in [-0.3, -0.25) is 0 Å². The number of amides is 2. The second-order valence-electron chi connectivity index (χ2n) is 4.57. The second kappa shape index (κ2) is 5.12. The summed E-state index contributed by atoms with van der Waals surface area (Å²) in [5, 5.41) is 11.4. The van der Waals surface area contributed by atoms with E-state index in [9.17, 15) is 9.59 Å². The summed E-state index contributed by atoms with van der Waals surface area (Å²) in [6.45, 7) is 3.85. The van der Waals surface area contributed by atoms with Gasteiger partial charge in [0, 0.05) is 13.1 Å². The van der Waals surface area contributed by atoms with Crippen molar-refractivity contribution in [3.05, 3.63) is 23.7 Å². The number of likely N-dealkylation sites (tertiary alicyclic amines) is 1. The molecule has 1 aliphatic heterocycles. The quantitative estimate of drug-likeness (QED) is 0.854. The Kier molecular flexibility index (Phi) is 3.55. The van der Waals surface area contributed by atoms with Crippen LogP contribution in [-0.2, 0) is 6.54 Å². The lowest BCUT2D eigenvalue weighted by atomic mass is 10.2. The highest BCUT2D eigenvalue weighted by Crippen LogP contribution is 2.15. The third-order valence-corrected chi connectivity index (χ3v) is 3.00. The lowest BCUT2D eigenvalue weighted by Crippen LogP contribution is -2.37. The lowest BCUT2D eigenvalue weighted by molar-refractivity contribution is 0.0660. The Morgan fingerprint density at radius 1 is 1.56 bits per heavy atom. The first-order valence-electron chi connectivity index (χ1n) is 5.91. The Morgan fingerprint density at radius 3 is 2.89 bits per heavy atom. The van der Waals surface area contributed by atoms with E-state index in [1.807, 2.05) is 0 Å². The van der Waals surface area contributed by atoms with Gasteiger partial charge in [-0.05, 0) is 24.5 Å². The zero-order valence-electron chi connectivity index (χ0n) is 10.2. The first kappa shape index (κ1) is 12.5. The summed E-state index contributed by atoms with van der Waals surface area (Å²) in [5.74, 6) is -0.249. The molecule has 1 fully saturated rings. The highest BCUT2D eigenvalue weighted by atomic mass is 16.4. The number of carboxylic acid groups (broad SMARTS) is 1. The maximum absolute atomic E-state index is 11.8. The Morgan fingerprint density at radius 2 is 2.33 bits per heavy atom. The van der Waals surface area contributed by atoms with Crippen molar-refractivity contribution in [3.63, 3.8) is 0 Å². The highest BCUT2D eigenvalue weighted by molar-refractivity contribution is 5.84. The van der Waals surface area contributed by atoms with E-state index in [1.165, 1.54) is 6.07 Å². The molecule has 6 nitrogen and oxygen atoms in total. The van der Waals surface area contributed by atoms with Crippen LogP contribution in [0.1, 0.15) is 29.7 Å². The molecule has 1 aromatic rings. The molecular formula is C12H16N2O4. The predicted molar refractivity (Wildman–Crippen MR) is 63.3 cm³/mol. The Bertz CT molecular complexity index is 455. The molecule has 0 aliphatic carbocycles. The third-order valence-electron chi connectivity index (χ3n) is 3.00. The third kappa shape index (κ3) is 2.82. The number of carbonyl (C=O) groups is 2. The molecule has 0 radical (unpaired) electrons. The molecule has 0 spiro atoms. The van der Waals surface area contributed by atoms with E-state index in [0.29, 0.717) is 11.7 Å². The van der Waals surface area contributed by atoms with Gasteiger partial charge in [-0.1, -0.05) is 6.92 Å². The Hall–Kier alpha value is -1.98. The smallest absolute Gasteiger partial charge is 0.371 e. The normalized spacial score (nSPS) is 18.9. The van der Waals surface area contributed by atoms with Crippen molar-refractivity contribution in [2.45, 2.75) is 19.9 Å². The van der Waals surface area contributed by atoms with Crippen LogP contribution >= 0.6 is 0 Å². The fourth-order valence-corrected chi connectivity index (χ4v) is 1.98. The zero-order valence-corrected chi connectivity index (χ0v) is 10.2. The van der Waals surface area contributed by atoms with E-state index in [-0.39, 0.29) is 18.3 Å². The van der Waals surface area contributed by atoms with Crippen molar-refractivity contribution >= 4 is 12.0 Å². The van der Waals surface area contributed by atoms with Crippen LogP contribution in [0.4, 0.5) is 4.79 Å². The van der Waals surface area contributed by atoms with Crippen LogP contribution in [0.3, 0.4) is 0 Å². The first-order valence-corrected chi connectivity index (χ1v) is 5.91. The van der Waals surface area contributed by atoms with Crippen molar-refractivity contribution < 1.29 is 19.1 Å². The number of rotatable bonds is 3. The number of hydrogen-bond acceptors (Lipinski definition) is 3. The molecule has 2 amide bonds. The molecule has 0 aromatic carbocycles. The summed E-state index contributed by atoms with van der Waals surface area (Å²) >= 11 is 0. The van der Waals surface area contributed by atoms with Crippen LogP contribution < -0.4 is 5.32 Å². The molecule has 0 bridgehead atoms. The number of carboxylic acids is 1. The van der Waals surface area contributed by atoms with Gasteiger partial charge < -0.3 is 19.7 Å². The van der Waals surface area contributed by atoms with E-state index in [0.717, 1.165) is 19.5 Å². The zero-order chi connectivity index (χ0) is 13.1. The van der Waals surface area contributed by atoms with Crippen LogP contribution in [0.5, 0.6) is 0 Å². The molecule has 0 saturated carbocycles. The fourth-order valence-electron chi connectivity index (χ4n) is 1.98. The Balaban J connectivity index is 1.83. The summed E-state index contributed by atoms with van der Waals surface area (Å²) in [4.78, 5) is 24.1. The summed E-state index contributed by atoms with van der Waals surface area (Å²) < 4.78 is 5.05. The van der Waals surface area contributed by atoms with Crippen LogP contribution in [0.2, 0.25) is 0 Å². The van der Waals surface area contributed by atoms with E-state index < -0.39 is 5.97 Å². The summed E-state index contributed by atoms with van der Waals surface area (Å²) in [6, 6.07) is 2.80. The van der Waals surface area contributed by atoms with E-state index in [2.05, 4.69) is 12.2 Å². The van der Waals surface area contributed by atoms with Gasteiger partial charge in [0.15, 0.2) is 0 Å². The average Bonchev–Trinajstić information content (AvgIpc) is 2.94. The fraction of sp³-hybridized carbons (Fsp3) is 0.500. The van der Waals surface area contributed by atoms with Crippen LogP contribution in [0, 0.1) is 5.92 Å². The molecule has 1 unspecified atom stereocenters. The average molecular weight is 252 g/mol. The van der Waals surface area contributed by atoms with Crippen LogP contribution in [-0.4, -0.2) is 35.1 Å². The molecule has 98 valence electrons.